The third-order valence-corrected chi connectivity index (χ3v) is 1.57. The number of alkyl halides is 1. The molecule has 0 aliphatic rings. The van der Waals surface area contributed by atoms with Gasteiger partial charge in [0, 0.05) is 12.7 Å². The molecule has 0 aromatic carbocycles. The smallest absolute Gasteiger partial charge is 0.101 e. The predicted molar refractivity (Wildman–Crippen MR) is 48.0 cm³/mol. The first kappa shape index (κ1) is 9.46. The molecule has 13 heavy (non-hydrogen) atoms. The second-order valence-electron chi connectivity index (χ2n) is 2.50. The lowest BCUT2D eigenvalue weighted by Gasteiger charge is -2.04. The van der Waals surface area contributed by atoms with Crippen LogP contribution in [0.4, 0.5) is 10.1 Å². The quantitative estimate of drug-likeness (QED) is 0.716. The Morgan fingerprint density at radius 2 is 2.46 bits per heavy atom. The average Bonchev–Trinajstić information content (AvgIpc) is 2.19. The van der Waals surface area contributed by atoms with Gasteiger partial charge in [-0.15, -0.1) is 0 Å². The molecular weight excluding hydrogens is 169 g/mol. The fraction of sp³-hybridized carbons (Fsp3) is 0.333. The molecule has 3 nitrogen and oxygen atoms in total. The van der Waals surface area contributed by atoms with Gasteiger partial charge in [-0.25, -0.2) is 0 Å². The molecule has 0 atom stereocenters. The first-order valence-corrected chi connectivity index (χ1v) is 4.02. The highest BCUT2D eigenvalue weighted by Gasteiger charge is 1.98. The van der Waals surface area contributed by atoms with Gasteiger partial charge < -0.3 is 5.32 Å². The topological polar surface area (TPSA) is 48.7 Å². The summed E-state index contributed by atoms with van der Waals surface area (Å²) in [6.45, 7) is 0.173. The van der Waals surface area contributed by atoms with Gasteiger partial charge in [0.15, 0.2) is 0 Å². The molecular formula is C9H10FN3. The van der Waals surface area contributed by atoms with Crippen LogP contribution in [0.15, 0.2) is 18.5 Å². The first-order chi connectivity index (χ1) is 6.38. The number of hydrogen-bond acceptors (Lipinski definition) is 3. The van der Waals surface area contributed by atoms with E-state index in [1.807, 2.05) is 6.07 Å². The van der Waals surface area contributed by atoms with Crippen molar-refractivity contribution in [2.24, 2.45) is 0 Å². The number of aromatic nitrogens is 1. The lowest BCUT2D eigenvalue weighted by Crippen LogP contribution is -2.04. The fourth-order valence-electron chi connectivity index (χ4n) is 0.923. The van der Waals surface area contributed by atoms with Gasteiger partial charge in [-0.05, 0) is 12.5 Å². The van der Waals surface area contributed by atoms with Crippen molar-refractivity contribution in [1.29, 1.82) is 5.26 Å². The van der Waals surface area contributed by atoms with Crippen LogP contribution < -0.4 is 5.32 Å². The van der Waals surface area contributed by atoms with E-state index < -0.39 is 0 Å². The van der Waals surface area contributed by atoms with Crippen molar-refractivity contribution in [3.05, 3.63) is 24.0 Å². The number of nitrogens with one attached hydrogen (secondary N) is 1. The maximum Gasteiger partial charge on any atom is 0.101 e. The molecule has 1 aromatic rings. The maximum absolute atomic E-state index is 11.8. The number of halogens is 1. The van der Waals surface area contributed by atoms with E-state index >= 15 is 0 Å². The minimum absolute atomic E-state index is 0.352. The molecule has 0 unspecified atom stereocenters. The molecule has 0 radical (unpaired) electrons. The van der Waals surface area contributed by atoms with E-state index in [2.05, 4.69) is 10.3 Å². The fourth-order valence-corrected chi connectivity index (χ4v) is 0.923. The highest BCUT2D eigenvalue weighted by molar-refractivity contribution is 5.55. The lowest BCUT2D eigenvalue weighted by atomic mass is 10.2. The summed E-state index contributed by atoms with van der Waals surface area (Å²) in [6, 6.07) is 3.65. The van der Waals surface area contributed by atoms with E-state index in [0.29, 0.717) is 24.2 Å². The molecule has 68 valence electrons. The Balaban J connectivity index is 2.60. The van der Waals surface area contributed by atoms with Gasteiger partial charge >= 0.3 is 0 Å². The van der Waals surface area contributed by atoms with E-state index in [4.69, 9.17) is 5.26 Å². The normalized spacial score (nSPS) is 9.23. The van der Waals surface area contributed by atoms with Crippen LogP contribution in [0.1, 0.15) is 12.0 Å². The zero-order valence-electron chi connectivity index (χ0n) is 7.13. The first-order valence-electron chi connectivity index (χ1n) is 4.02. The average molecular weight is 179 g/mol. The van der Waals surface area contributed by atoms with E-state index in [1.54, 1.807) is 18.5 Å². The second kappa shape index (κ2) is 5.09. The van der Waals surface area contributed by atoms with E-state index in [1.165, 1.54) is 0 Å². The Morgan fingerprint density at radius 1 is 1.62 bits per heavy atom. The van der Waals surface area contributed by atoms with Crippen molar-refractivity contribution < 1.29 is 4.39 Å². The molecule has 0 spiro atoms. The van der Waals surface area contributed by atoms with Gasteiger partial charge in [0.25, 0.3) is 0 Å². The highest BCUT2D eigenvalue weighted by Crippen LogP contribution is 2.11. The monoisotopic (exact) mass is 179 g/mol. The Bertz CT molecular complexity index is 306. The van der Waals surface area contributed by atoms with Crippen LogP contribution >= 0.6 is 0 Å². The van der Waals surface area contributed by atoms with Gasteiger partial charge in [-0.3, -0.25) is 9.37 Å². The lowest BCUT2D eigenvalue weighted by molar-refractivity contribution is 0.481. The third-order valence-electron chi connectivity index (χ3n) is 1.57. The SMILES string of the molecule is N#Cc1ccncc1NCCCF. The Kier molecular flexibility index (Phi) is 3.71. The van der Waals surface area contributed by atoms with Crippen molar-refractivity contribution in [2.45, 2.75) is 6.42 Å². The van der Waals surface area contributed by atoms with Crippen LogP contribution in [0.3, 0.4) is 0 Å². The Labute approximate surface area is 76.2 Å². The molecule has 0 amide bonds. The van der Waals surface area contributed by atoms with Crippen molar-refractivity contribution in [2.75, 3.05) is 18.5 Å². The summed E-state index contributed by atoms with van der Waals surface area (Å²) in [5.74, 6) is 0. The maximum atomic E-state index is 11.8. The summed E-state index contributed by atoms with van der Waals surface area (Å²) in [5.41, 5.74) is 1.20. The summed E-state index contributed by atoms with van der Waals surface area (Å²) in [5, 5.41) is 11.6. The van der Waals surface area contributed by atoms with Gasteiger partial charge in [-0.2, -0.15) is 5.26 Å². The van der Waals surface area contributed by atoms with Crippen molar-refractivity contribution in [3.8, 4) is 6.07 Å². The summed E-state index contributed by atoms with van der Waals surface area (Å²) in [4.78, 5) is 3.86. The molecule has 0 bridgehead atoms. The Hall–Kier alpha value is -1.63. The summed E-state index contributed by atoms with van der Waals surface area (Å²) < 4.78 is 11.8. The van der Waals surface area contributed by atoms with E-state index in [-0.39, 0.29) is 6.67 Å². The van der Waals surface area contributed by atoms with Crippen LogP contribution in [0.2, 0.25) is 0 Å². The van der Waals surface area contributed by atoms with Crippen molar-refractivity contribution >= 4 is 5.69 Å². The molecule has 4 heteroatoms. The van der Waals surface area contributed by atoms with Crippen molar-refractivity contribution in [3.63, 3.8) is 0 Å². The number of anilines is 1. The van der Waals surface area contributed by atoms with Gasteiger partial charge in [-0.1, -0.05) is 0 Å². The molecule has 1 aromatic heterocycles. The molecule has 0 aliphatic carbocycles. The third kappa shape index (κ3) is 2.71. The van der Waals surface area contributed by atoms with Crippen LogP contribution in [0, 0.1) is 11.3 Å². The van der Waals surface area contributed by atoms with Crippen LogP contribution in [0.25, 0.3) is 0 Å². The highest BCUT2D eigenvalue weighted by atomic mass is 19.1. The van der Waals surface area contributed by atoms with E-state index in [9.17, 15) is 4.39 Å². The van der Waals surface area contributed by atoms with Gasteiger partial charge in [0.1, 0.15) is 6.07 Å². The summed E-state index contributed by atoms with van der Waals surface area (Å²) in [6.07, 6.45) is 3.56. The number of nitrogens with zero attached hydrogens (tertiary/aromatic N) is 2. The summed E-state index contributed by atoms with van der Waals surface area (Å²) >= 11 is 0. The molecule has 0 aliphatic heterocycles. The minimum atomic E-state index is -0.352. The van der Waals surface area contributed by atoms with Gasteiger partial charge in [0.2, 0.25) is 0 Å². The zero-order valence-corrected chi connectivity index (χ0v) is 7.13. The standard InChI is InChI=1S/C9H10FN3/c10-3-1-4-13-9-7-12-5-2-8(9)6-11/h2,5,7,13H,1,3-4H2. The van der Waals surface area contributed by atoms with Gasteiger partial charge in [0.05, 0.1) is 24.1 Å². The predicted octanol–water partition coefficient (Wildman–Crippen LogP) is 1.72. The molecule has 0 saturated carbocycles. The second-order valence-corrected chi connectivity index (χ2v) is 2.50. The number of hydrogen-bond donors (Lipinski definition) is 1. The van der Waals surface area contributed by atoms with Crippen LogP contribution in [-0.2, 0) is 0 Å². The molecule has 0 fully saturated rings. The number of rotatable bonds is 4. The van der Waals surface area contributed by atoms with Crippen LogP contribution in [0.5, 0.6) is 0 Å². The Morgan fingerprint density at radius 3 is 3.15 bits per heavy atom. The summed E-state index contributed by atoms with van der Waals surface area (Å²) in [7, 11) is 0. The number of nitriles is 1. The zero-order chi connectivity index (χ0) is 9.52. The minimum Gasteiger partial charge on any atom is -0.383 e. The molecule has 1 heterocycles. The molecule has 1 N–H and O–H groups in total. The molecule has 0 saturated heterocycles. The number of pyridine rings is 1. The van der Waals surface area contributed by atoms with E-state index in [0.717, 1.165) is 0 Å². The van der Waals surface area contributed by atoms with Crippen LogP contribution in [-0.4, -0.2) is 18.2 Å². The van der Waals surface area contributed by atoms with Crippen molar-refractivity contribution in [1.82, 2.24) is 4.98 Å². The molecule has 1 rings (SSSR count). The largest absolute Gasteiger partial charge is 0.383 e.